The fourth-order valence-electron chi connectivity index (χ4n) is 2.20. The molecule has 1 aromatic carbocycles. The molecule has 3 nitrogen and oxygen atoms in total. The molecule has 1 heterocycles. The van der Waals surface area contributed by atoms with Crippen LogP contribution < -0.4 is 0 Å². The van der Waals surface area contributed by atoms with Crippen LogP contribution in [0.5, 0.6) is 0 Å². The van der Waals surface area contributed by atoms with Crippen LogP contribution in [0.1, 0.15) is 42.4 Å². The van der Waals surface area contributed by atoms with E-state index in [1.54, 1.807) is 6.20 Å². The summed E-state index contributed by atoms with van der Waals surface area (Å²) in [6, 6.07) is 9.92. The summed E-state index contributed by atoms with van der Waals surface area (Å²) < 4.78 is 1.90. The Morgan fingerprint density at radius 1 is 1.28 bits per heavy atom. The van der Waals surface area contributed by atoms with Crippen molar-refractivity contribution in [1.82, 2.24) is 9.55 Å². The minimum Gasteiger partial charge on any atom is -0.329 e. The maximum atomic E-state index is 12.5. The van der Waals surface area contributed by atoms with Gasteiger partial charge in [-0.15, -0.1) is 0 Å². The monoisotopic (exact) mass is 242 g/mol. The molecule has 2 aromatic rings. The van der Waals surface area contributed by atoms with E-state index in [9.17, 15) is 4.79 Å². The molecule has 94 valence electrons. The Kier molecular flexibility index (Phi) is 3.92. The molecule has 0 bridgehead atoms. The van der Waals surface area contributed by atoms with Crippen LogP contribution in [-0.4, -0.2) is 15.3 Å². The van der Waals surface area contributed by atoms with Gasteiger partial charge in [0.25, 0.3) is 0 Å². The van der Waals surface area contributed by atoms with Gasteiger partial charge in [0.05, 0.1) is 5.92 Å². The molecule has 0 aliphatic carbocycles. The van der Waals surface area contributed by atoms with Crippen molar-refractivity contribution >= 4 is 5.78 Å². The van der Waals surface area contributed by atoms with E-state index < -0.39 is 0 Å². The summed E-state index contributed by atoms with van der Waals surface area (Å²) in [6.07, 6.45) is 4.33. The highest BCUT2D eigenvalue weighted by molar-refractivity contribution is 5.98. The molecular weight excluding hydrogens is 224 g/mol. The van der Waals surface area contributed by atoms with Crippen molar-refractivity contribution in [1.29, 1.82) is 0 Å². The van der Waals surface area contributed by atoms with E-state index >= 15 is 0 Å². The molecule has 0 saturated heterocycles. The van der Waals surface area contributed by atoms with Gasteiger partial charge in [-0.3, -0.25) is 4.79 Å². The summed E-state index contributed by atoms with van der Waals surface area (Å²) in [5.41, 5.74) is 1.07. The van der Waals surface area contributed by atoms with Gasteiger partial charge in [0.1, 0.15) is 0 Å². The SMILES string of the molecule is CCC(C(=O)c1nccn1CC)c1ccccc1. The Balaban J connectivity index is 2.32. The van der Waals surface area contributed by atoms with Gasteiger partial charge in [0, 0.05) is 18.9 Å². The summed E-state index contributed by atoms with van der Waals surface area (Å²) in [5.74, 6) is 0.572. The molecule has 0 radical (unpaired) electrons. The van der Waals surface area contributed by atoms with E-state index in [4.69, 9.17) is 0 Å². The Morgan fingerprint density at radius 3 is 2.61 bits per heavy atom. The molecular formula is C15H18N2O. The van der Waals surface area contributed by atoms with Crippen LogP contribution in [0.25, 0.3) is 0 Å². The first-order valence-corrected chi connectivity index (χ1v) is 6.38. The Hall–Kier alpha value is -1.90. The molecule has 2 rings (SSSR count). The summed E-state index contributed by atoms with van der Waals surface area (Å²) >= 11 is 0. The quantitative estimate of drug-likeness (QED) is 0.754. The molecule has 3 heteroatoms. The Bertz CT molecular complexity index is 516. The molecule has 1 atom stereocenters. The molecule has 18 heavy (non-hydrogen) atoms. The number of rotatable bonds is 5. The van der Waals surface area contributed by atoms with Crippen molar-refractivity contribution < 1.29 is 4.79 Å². The second kappa shape index (κ2) is 5.63. The van der Waals surface area contributed by atoms with Gasteiger partial charge < -0.3 is 4.57 Å². The van der Waals surface area contributed by atoms with Crippen molar-refractivity contribution in [2.75, 3.05) is 0 Å². The first-order valence-electron chi connectivity index (χ1n) is 6.38. The second-order valence-electron chi connectivity index (χ2n) is 4.27. The molecule has 0 saturated carbocycles. The minimum absolute atomic E-state index is 0.0982. The number of Topliss-reactive ketones (excluding diaryl/α,β-unsaturated/α-hetero) is 1. The van der Waals surface area contributed by atoms with Crippen LogP contribution in [-0.2, 0) is 6.54 Å². The first kappa shape index (κ1) is 12.6. The number of imidazole rings is 1. The van der Waals surface area contributed by atoms with Crippen molar-refractivity contribution in [3.8, 4) is 0 Å². The predicted octanol–water partition coefficient (Wildman–Crippen LogP) is 3.28. The molecule has 1 unspecified atom stereocenters. The molecule has 0 aliphatic rings. The lowest BCUT2D eigenvalue weighted by atomic mass is 9.92. The van der Waals surface area contributed by atoms with E-state index in [1.165, 1.54) is 0 Å². The Morgan fingerprint density at radius 2 is 2.00 bits per heavy atom. The summed E-state index contributed by atoms with van der Waals surface area (Å²) in [5, 5.41) is 0. The van der Waals surface area contributed by atoms with Gasteiger partial charge in [-0.05, 0) is 18.9 Å². The van der Waals surface area contributed by atoms with Crippen molar-refractivity contribution in [2.24, 2.45) is 0 Å². The average Bonchev–Trinajstić information content (AvgIpc) is 2.89. The van der Waals surface area contributed by atoms with Crippen molar-refractivity contribution in [3.05, 3.63) is 54.1 Å². The zero-order valence-electron chi connectivity index (χ0n) is 10.8. The van der Waals surface area contributed by atoms with Crippen LogP contribution in [0.2, 0.25) is 0 Å². The largest absolute Gasteiger partial charge is 0.329 e. The van der Waals surface area contributed by atoms with E-state index in [0.717, 1.165) is 18.5 Å². The normalized spacial score (nSPS) is 12.3. The fraction of sp³-hybridized carbons (Fsp3) is 0.333. The van der Waals surface area contributed by atoms with Crippen LogP contribution >= 0.6 is 0 Å². The topological polar surface area (TPSA) is 34.9 Å². The number of carbonyl (C=O) groups is 1. The summed E-state index contributed by atoms with van der Waals surface area (Å²) in [6.45, 7) is 4.82. The molecule has 0 amide bonds. The second-order valence-corrected chi connectivity index (χ2v) is 4.27. The number of aryl methyl sites for hydroxylation is 1. The number of aromatic nitrogens is 2. The molecule has 0 spiro atoms. The standard InChI is InChI=1S/C15H18N2O/c1-3-13(12-8-6-5-7-9-12)14(18)15-16-10-11-17(15)4-2/h5-11,13H,3-4H2,1-2H3. The third-order valence-electron chi connectivity index (χ3n) is 3.20. The zero-order valence-corrected chi connectivity index (χ0v) is 10.8. The smallest absolute Gasteiger partial charge is 0.205 e. The van der Waals surface area contributed by atoms with Crippen LogP contribution in [0.4, 0.5) is 0 Å². The van der Waals surface area contributed by atoms with Crippen LogP contribution in [0, 0.1) is 0 Å². The van der Waals surface area contributed by atoms with Crippen LogP contribution in [0.15, 0.2) is 42.7 Å². The van der Waals surface area contributed by atoms with E-state index in [2.05, 4.69) is 4.98 Å². The number of nitrogens with zero attached hydrogens (tertiary/aromatic N) is 2. The molecule has 0 fully saturated rings. The maximum absolute atomic E-state index is 12.5. The van der Waals surface area contributed by atoms with Gasteiger partial charge >= 0.3 is 0 Å². The third-order valence-corrected chi connectivity index (χ3v) is 3.20. The number of hydrogen-bond donors (Lipinski definition) is 0. The highest BCUT2D eigenvalue weighted by Gasteiger charge is 2.23. The average molecular weight is 242 g/mol. The highest BCUT2D eigenvalue weighted by Crippen LogP contribution is 2.23. The maximum Gasteiger partial charge on any atom is 0.205 e. The van der Waals surface area contributed by atoms with Crippen LogP contribution in [0.3, 0.4) is 0 Å². The summed E-state index contributed by atoms with van der Waals surface area (Å²) in [4.78, 5) is 16.7. The number of carbonyl (C=O) groups excluding carboxylic acids is 1. The fourth-order valence-corrected chi connectivity index (χ4v) is 2.20. The molecule has 1 aromatic heterocycles. The predicted molar refractivity (Wildman–Crippen MR) is 71.7 cm³/mol. The zero-order chi connectivity index (χ0) is 13.0. The van der Waals surface area contributed by atoms with Gasteiger partial charge in [-0.25, -0.2) is 4.98 Å². The lowest BCUT2D eigenvalue weighted by Gasteiger charge is -2.14. The number of ketones is 1. The van der Waals surface area contributed by atoms with Gasteiger partial charge in [0.2, 0.25) is 5.78 Å². The summed E-state index contributed by atoms with van der Waals surface area (Å²) in [7, 11) is 0. The number of benzene rings is 1. The first-order chi connectivity index (χ1) is 8.77. The lowest BCUT2D eigenvalue weighted by Crippen LogP contribution is -2.17. The van der Waals surface area contributed by atoms with Crippen molar-refractivity contribution in [3.63, 3.8) is 0 Å². The lowest BCUT2D eigenvalue weighted by molar-refractivity contribution is 0.0943. The van der Waals surface area contributed by atoms with Gasteiger partial charge in [-0.2, -0.15) is 0 Å². The van der Waals surface area contributed by atoms with E-state index in [-0.39, 0.29) is 11.7 Å². The van der Waals surface area contributed by atoms with E-state index in [1.807, 2.05) is 54.9 Å². The highest BCUT2D eigenvalue weighted by atomic mass is 16.1. The van der Waals surface area contributed by atoms with E-state index in [0.29, 0.717) is 5.82 Å². The molecule has 0 N–H and O–H groups in total. The van der Waals surface area contributed by atoms with Gasteiger partial charge in [-0.1, -0.05) is 37.3 Å². The Labute approximate surface area is 107 Å². The minimum atomic E-state index is -0.0982. The van der Waals surface area contributed by atoms with Crippen molar-refractivity contribution in [2.45, 2.75) is 32.7 Å². The third kappa shape index (κ3) is 2.35. The van der Waals surface area contributed by atoms with Gasteiger partial charge in [0.15, 0.2) is 5.82 Å². The number of hydrogen-bond acceptors (Lipinski definition) is 2. The molecule has 0 aliphatic heterocycles.